The molecule has 0 bridgehead atoms. The van der Waals surface area contributed by atoms with E-state index in [9.17, 15) is 19.8 Å². The molecule has 1 amide bonds. The molecule has 1 aromatic heterocycles. The number of aromatic hydroxyl groups is 1. The van der Waals surface area contributed by atoms with Gasteiger partial charge in [0, 0.05) is 49.5 Å². The van der Waals surface area contributed by atoms with Gasteiger partial charge in [0.05, 0.1) is 10.6 Å². The summed E-state index contributed by atoms with van der Waals surface area (Å²) in [6.07, 6.45) is 7.12. The summed E-state index contributed by atoms with van der Waals surface area (Å²) in [5, 5.41) is 19.9. The average molecular weight is 428 g/mol. The summed E-state index contributed by atoms with van der Waals surface area (Å²) in [6.45, 7) is 0.879. The molecule has 1 fully saturated rings. The van der Waals surface area contributed by atoms with Crippen molar-refractivity contribution < 1.29 is 15.0 Å². The van der Waals surface area contributed by atoms with E-state index in [1.807, 2.05) is 29.2 Å². The Morgan fingerprint density at radius 3 is 2.97 bits per heavy atom. The van der Waals surface area contributed by atoms with Crippen LogP contribution in [0.5, 0.6) is 5.88 Å². The highest BCUT2D eigenvalue weighted by Gasteiger charge is 2.26. The van der Waals surface area contributed by atoms with Crippen molar-refractivity contribution in [2.75, 3.05) is 13.2 Å². The first-order chi connectivity index (χ1) is 14.6. The number of allylic oxidation sites excluding steroid dienone is 1. The molecule has 2 aromatic rings. The second-order valence-corrected chi connectivity index (χ2v) is 8.57. The Hall–Kier alpha value is -2.71. The van der Waals surface area contributed by atoms with Gasteiger partial charge in [-0.1, -0.05) is 29.5 Å². The van der Waals surface area contributed by atoms with Crippen LogP contribution in [0.15, 0.2) is 34.1 Å². The number of aliphatic hydroxyl groups is 1. The van der Waals surface area contributed by atoms with Crippen molar-refractivity contribution >= 4 is 40.8 Å². The van der Waals surface area contributed by atoms with Gasteiger partial charge in [0.25, 0.3) is 0 Å². The second-order valence-electron chi connectivity index (χ2n) is 7.58. The molecule has 7 nitrogen and oxygen atoms in total. The number of aliphatic imine (C=N–C) groups is 1. The zero-order valence-corrected chi connectivity index (χ0v) is 17.5. The summed E-state index contributed by atoms with van der Waals surface area (Å²) in [5.74, 6) is -0.156. The number of rotatable bonds is 6. The predicted molar refractivity (Wildman–Crippen MR) is 118 cm³/mol. The average Bonchev–Trinajstić information content (AvgIpc) is 3.28. The minimum absolute atomic E-state index is 0.0394. The first-order valence-electron chi connectivity index (χ1n) is 10.3. The van der Waals surface area contributed by atoms with Crippen LogP contribution in [0.1, 0.15) is 42.5 Å². The van der Waals surface area contributed by atoms with Gasteiger partial charge in [-0.25, -0.2) is 0 Å². The van der Waals surface area contributed by atoms with Crippen molar-refractivity contribution in [3.05, 3.63) is 44.4 Å². The van der Waals surface area contributed by atoms with E-state index in [1.165, 1.54) is 4.57 Å². The maximum atomic E-state index is 12.7. The summed E-state index contributed by atoms with van der Waals surface area (Å²) < 4.78 is 1.26. The van der Waals surface area contributed by atoms with E-state index in [-0.39, 0.29) is 42.3 Å². The van der Waals surface area contributed by atoms with Crippen LogP contribution in [0.4, 0.5) is 5.69 Å². The third kappa shape index (κ3) is 4.11. The number of carbonyl (C=O) groups excluding carboxylic acids is 1. The molecule has 30 heavy (non-hydrogen) atoms. The van der Waals surface area contributed by atoms with Crippen LogP contribution in [0.25, 0.3) is 11.6 Å². The first-order valence-corrected chi connectivity index (χ1v) is 11.1. The molecule has 0 aliphatic carbocycles. The van der Waals surface area contributed by atoms with E-state index in [0.29, 0.717) is 17.8 Å². The zero-order chi connectivity index (χ0) is 21.1. The van der Waals surface area contributed by atoms with Crippen molar-refractivity contribution in [1.82, 2.24) is 9.47 Å². The van der Waals surface area contributed by atoms with Crippen LogP contribution >= 0.6 is 11.3 Å². The van der Waals surface area contributed by atoms with Crippen molar-refractivity contribution in [3.8, 4) is 5.88 Å². The number of piperidine rings is 1. The quantitative estimate of drug-likeness (QED) is 0.741. The molecule has 0 spiro atoms. The number of para-hydroxylation sites is 1. The van der Waals surface area contributed by atoms with Gasteiger partial charge in [-0.2, -0.15) is 0 Å². The molecule has 4 rings (SSSR count). The fourth-order valence-electron chi connectivity index (χ4n) is 4.13. The van der Waals surface area contributed by atoms with E-state index >= 15 is 0 Å². The lowest BCUT2D eigenvalue weighted by atomic mass is 9.99. The molecule has 1 atom stereocenters. The SMILES string of the molecule is O=C(CCn1c(O)c(/C=C2\C=Nc3ccccc32)sc1=O)N1CCCCC1CCO. The van der Waals surface area contributed by atoms with Gasteiger partial charge < -0.3 is 15.1 Å². The Morgan fingerprint density at radius 1 is 1.30 bits per heavy atom. The van der Waals surface area contributed by atoms with E-state index in [2.05, 4.69) is 4.99 Å². The first kappa shape index (κ1) is 20.6. The lowest BCUT2D eigenvalue weighted by molar-refractivity contribution is -0.135. The molecular formula is C22H25N3O4S. The van der Waals surface area contributed by atoms with E-state index in [1.54, 1.807) is 12.3 Å². The predicted octanol–water partition coefficient (Wildman–Crippen LogP) is 3.03. The number of thiazole rings is 1. The topological polar surface area (TPSA) is 95.1 Å². The maximum Gasteiger partial charge on any atom is 0.310 e. The molecule has 158 valence electrons. The molecule has 0 saturated carbocycles. The van der Waals surface area contributed by atoms with Gasteiger partial charge in [0.15, 0.2) is 0 Å². The van der Waals surface area contributed by atoms with Crippen LogP contribution in [-0.2, 0) is 11.3 Å². The molecule has 0 radical (unpaired) electrons. The van der Waals surface area contributed by atoms with E-state index in [0.717, 1.165) is 47.4 Å². The molecule has 1 saturated heterocycles. The number of hydrogen-bond donors (Lipinski definition) is 2. The Morgan fingerprint density at radius 2 is 2.13 bits per heavy atom. The molecule has 2 N–H and O–H groups in total. The molecule has 2 aliphatic rings. The fraction of sp³-hybridized carbons (Fsp3) is 0.409. The summed E-state index contributed by atoms with van der Waals surface area (Å²) in [6, 6.07) is 7.76. The number of fused-ring (bicyclic) bond motifs is 1. The normalized spacial score (nSPS) is 19.4. The number of carbonyl (C=O) groups is 1. The lowest BCUT2D eigenvalue weighted by Crippen LogP contribution is -2.44. The van der Waals surface area contributed by atoms with Gasteiger partial charge in [-0.15, -0.1) is 0 Å². The molecule has 1 aromatic carbocycles. The standard InChI is InChI=1S/C22H25N3O4S/c26-12-9-16-5-3-4-10-24(16)20(27)8-11-25-21(28)19(30-22(25)29)13-15-14-23-18-7-2-1-6-17(15)18/h1-2,6-7,13-14,16,26,28H,3-5,8-12H2/b15-13+. The zero-order valence-electron chi connectivity index (χ0n) is 16.7. The number of benzene rings is 1. The highest BCUT2D eigenvalue weighted by molar-refractivity contribution is 7.10. The minimum atomic E-state index is -0.291. The Bertz CT molecular complexity index is 1050. The second kappa shape index (κ2) is 8.97. The number of nitrogens with zero attached hydrogens (tertiary/aromatic N) is 3. The summed E-state index contributed by atoms with van der Waals surface area (Å²) in [5.41, 5.74) is 2.66. The smallest absolute Gasteiger partial charge is 0.310 e. The number of hydrogen-bond acceptors (Lipinski definition) is 6. The van der Waals surface area contributed by atoms with Crippen LogP contribution in [0.3, 0.4) is 0 Å². The van der Waals surface area contributed by atoms with E-state index in [4.69, 9.17) is 0 Å². The van der Waals surface area contributed by atoms with Gasteiger partial charge in [0.2, 0.25) is 11.8 Å². The third-order valence-corrected chi connectivity index (χ3v) is 6.61. The van der Waals surface area contributed by atoms with Crippen LogP contribution in [-0.4, -0.2) is 51.0 Å². The highest BCUT2D eigenvalue weighted by Crippen LogP contribution is 2.34. The minimum Gasteiger partial charge on any atom is -0.493 e. The van der Waals surface area contributed by atoms with Gasteiger partial charge in [-0.3, -0.25) is 19.1 Å². The van der Waals surface area contributed by atoms with Crippen molar-refractivity contribution in [3.63, 3.8) is 0 Å². The number of amides is 1. The van der Waals surface area contributed by atoms with Gasteiger partial charge in [0.1, 0.15) is 0 Å². The number of aliphatic hydroxyl groups excluding tert-OH is 1. The summed E-state index contributed by atoms with van der Waals surface area (Å²) in [4.78, 5) is 31.5. The lowest BCUT2D eigenvalue weighted by Gasteiger charge is -2.35. The summed E-state index contributed by atoms with van der Waals surface area (Å²) in [7, 11) is 0. The molecule has 8 heteroatoms. The molecule has 3 heterocycles. The van der Waals surface area contributed by atoms with Crippen LogP contribution in [0, 0.1) is 0 Å². The van der Waals surface area contributed by atoms with E-state index < -0.39 is 0 Å². The van der Waals surface area contributed by atoms with Gasteiger partial charge >= 0.3 is 4.87 Å². The highest BCUT2D eigenvalue weighted by atomic mass is 32.1. The maximum absolute atomic E-state index is 12.7. The molecule has 2 aliphatic heterocycles. The van der Waals surface area contributed by atoms with Gasteiger partial charge in [-0.05, 0) is 37.8 Å². The summed E-state index contributed by atoms with van der Waals surface area (Å²) >= 11 is 0.960. The Balaban J connectivity index is 1.48. The Labute approximate surface area is 178 Å². The van der Waals surface area contributed by atoms with Crippen molar-refractivity contribution in [2.24, 2.45) is 4.99 Å². The monoisotopic (exact) mass is 427 g/mol. The van der Waals surface area contributed by atoms with Crippen molar-refractivity contribution in [1.29, 1.82) is 0 Å². The number of aromatic nitrogens is 1. The van der Waals surface area contributed by atoms with Crippen LogP contribution in [0.2, 0.25) is 0 Å². The third-order valence-electron chi connectivity index (χ3n) is 5.70. The molecular weight excluding hydrogens is 402 g/mol. The fourth-order valence-corrected chi connectivity index (χ4v) is 4.99. The Kier molecular flexibility index (Phi) is 6.15. The van der Waals surface area contributed by atoms with Crippen LogP contribution < -0.4 is 4.87 Å². The largest absolute Gasteiger partial charge is 0.493 e. The van der Waals surface area contributed by atoms with Crippen molar-refractivity contribution in [2.45, 2.75) is 44.7 Å². The number of likely N-dealkylation sites (tertiary alicyclic amines) is 1. The molecule has 1 unspecified atom stereocenters.